The SMILES string of the molecule is COc1ccc(CN2CC(c3ccccc3)(c3ccccc3)CC2C(C)(C)OC)cc1. The van der Waals surface area contributed by atoms with Crippen LogP contribution < -0.4 is 4.74 Å². The summed E-state index contributed by atoms with van der Waals surface area (Å²) in [5.41, 5.74) is 3.69. The van der Waals surface area contributed by atoms with Gasteiger partial charge in [-0.3, -0.25) is 4.90 Å². The largest absolute Gasteiger partial charge is 0.497 e. The highest BCUT2D eigenvalue weighted by Gasteiger charge is 2.51. The Kier molecular flexibility index (Phi) is 6.17. The van der Waals surface area contributed by atoms with Crippen molar-refractivity contribution < 1.29 is 9.47 Å². The molecule has 1 aliphatic heterocycles. The summed E-state index contributed by atoms with van der Waals surface area (Å²) in [5.74, 6) is 0.891. The van der Waals surface area contributed by atoms with Gasteiger partial charge in [-0.25, -0.2) is 0 Å². The van der Waals surface area contributed by atoms with Gasteiger partial charge in [-0.15, -0.1) is 0 Å². The van der Waals surface area contributed by atoms with Crippen LogP contribution >= 0.6 is 0 Å². The first-order chi connectivity index (χ1) is 15.0. The van der Waals surface area contributed by atoms with E-state index in [9.17, 15) is 0 Å². The Balaban J connectivity index is 1.76. The molecule has 4 rings (SSSR count). The lowest BCUT2D eigenvalue weighted by Gasteiger charge is -2.36. The summed E-state index contributed by atoms with van der Waals surface area (Å²) in [7, 11) is 3.54. The Hall–Kier alpha value is -2.62. The van der Waals surface area contributed by atoms with Crippen LogP contribution in [0.15, 0.2) is 84.9 Å². The van der Waals surface area contributed by atoms with Crippen LogP contribution in [-0.4, -0.2) is 37.3 Å². The highest BCUT2D eigenvalue weighted by Crippen LogP contribution is 2.47. The standard InChI is InChI=1S/C28H33NO2/c1-27(2,31-4)26-19-28(23-11-7-5-8-12-23,24-13-9-6-10-14-24)21-29(26)20-22-15-17-25(30-3)18-16-22/h5-18,26H,19-21H2,1-4H3. The Morgan fingerprint density at radius 1 is 0.839 bits per heavy atom. The van der Waals surface area contributed by atoms with E-state index >= 15 is 0 Å². The fourth-order valence-corrected chi connectivity index (χ4v) is 5.03. The number of hydrogen-bond donors (Lipinski definition) is 0. The summed E-state index contributed by atoms with van der Waals surface area (Å²) in [6.45, 7) is 6.25. The predicted octanol–water partition coefficient (Wildman–Crippen LogP) is 5.68. The molecule has 0 aromatic heterocycles. The van der Waals surface area contributed by atoms with E-state index in [1.807, 2.05) is 19.2 Å². The van der Waals surface area contributed by atoms with E-state index in [0.29, 0.717) is 0 Å². The van der Waals surface area contributed by atoms with Gasteiger partial charge >= 0.3 is 0 Å². The molecule has 0 radical (unpaired) electrons. The summed E-state index contributed by atoms with van der Waals surface area (Å²) in [6.07, 6.45) is 1.01. The van der Waals surface area contributed by atoms with Crippen LogP contribution in [0.1, 0.15) is 37.0 Å². The van der Waals surface area contributed by atoms with Gasteiger partial charge in [0.2, 0.25) is 0 Å². The van der Waals surface area contributed by atoms with Crippen LogP contribution in [0.5, 0.6) is 5.75 Å². The van der Waals surface area contributed by atoms with Crippen molar-refractivity contribution in [3.8, 4) is 5.75 Å². The quantitative estimate of drug-likeness (QED) is 0.495. The first-order valence-corrected chi connectivity index (χ1v) is 11.0. The van der Waals surface area contributed by atoms with Crippen molar-refractivity contribution in [1.29, 1.82) is 0 Å². The minimum atomic E-state index is -0.266. The van der Waals surface area contributed by atoms with Crippen molar-refractivity contribution in [3.05, 3.63) is 102 Å². The molecule has 0 aliphatic carbocycles. The molecule has 0 saturated carbocycles. The van der Waals surface area contributed by atoms with E-state index in [4.69, 9.17) is 9.47 Å². The van der Waals surface area contributed by atoms with Crippen LogP contribution in [-0.2, 0) is 16.7 Å². The average Bonchev–Trinajstić information content (AvgIpc) is 3.22. The highest BCUT2D eigenvalue weighted by molar-refractivity contribution is 5.42. The van der Waals surface area contributed by atoms with Gasteiger partial charge in [0.25, 0.3) is 0 Å². The maximum Gasteiger partial charge on any atom is 0.118 e. The van der Waals surface area contributed by atoms with E-state index in [0.717, 1.165) is 25.3 Å². The Bertz CT molecular complexity index is 927. The van der Waals surface area contributed by atoms with Gasteiger partial charge in [-0.2, -0.15) is 0 Å². The Morgan fingerprint density at radius 3 is 1.87 bits per heavy atom. The number of methoxy groups -OCH3 is 2. The number of ether oxygens (including phenoxy) is 2. The van der Waals surface area contributed by atoms with E-state index < -0.39 is 0 Å². The second kappa shape index (κ2) is 8.86. The summed E-state index contributed by atoms with van der Waals surface area (Å²) in [6, 6.07) is 30.6. The van der Waals surface area contributed by atoms with Crippen LogP contribution in [0.2, 0.25) is 0 Å². The molecule has 0 N–H and O–H groups in total. The predicted molar refractivity (Wildman–Crippen MR) is 127 cm³/mol. The molecule has 0 amide bonds. The van der Waals surface area contributed by atoms with Crippen LogP contribution in [0, 0.1) is 0 Å². The monoisotopic (exact) mass is 415 g/mol. The van der Waals surface area contributed by atoms with E-state index in [2.05, 4.69) is 91.5 Å². The molecule has 0 bridgehead atoms. The second-order valence-electron chi connectivity index (χ2n) is 9.09. The van der Waals surface area contributed by atoms with E-state index in [-0.39, 0.29) is 17.1 Å². The van der Waals surface area contributed by atoms with Crippen molar-refractivity contribution in [2.45, 2.75) is 43.9 Å². The molecule has 3 aromatic carbocycles. The van der Waals surface area contributed by atoms with Gasteiger partial charge in [-0.1, -0.05) is 72.8 Å². The number of likely N-dealkylation sites (tertiary alicyclic amines) is 1. The molecule has 1 atom stereocenters. The highest BCUT2D eigenvalue weighted by atomic mass is 16.5. The van der Waals surface area contributed by atoms with Gasteiger partial charge in [0.15, 0.2) is 0 Å². The third-order valence-electron chi connectivity index (χ3n) is 6.98. The Morgan fingerprint density at radius 2 is 1.39 bits per heavy atom. The molecule has 1 saturated heterocycles. The molecule has 3 aromatic rings. The Labute approximate surface area is 186 Å². The lowest BCUT2D eigenvalue weighted by atomic mass is 9.71. The number of hydrogen-bond acceptors (Lipinski definition) is 3. The summed E-state index contributed by atoms with van der Waals surface area (Å²) < 4.78 is 11.4. The smallest absolute Gasteiger partial charge is 0.118 e. The van der Waals surface area contributed by atoms with Gasteiger partial charge in [-0.05, 0) is 49.1 Å². The third kappa shape index (κ3) is 4.26. The molecule has 1 fully saturated rings. The molecule has 3 heteroatoms. The maximum atomic E-state index is 6.03. The van der Waals surface area contributed by atoms with Crippen molar-refractivity contribution in [3.63, 3.8) is 0 Å². The summed E-state index contributed by atoms with van der Waals surface area (Å²) in [4.78, 5) is 2.60. The van der Waals surface area contributed by atoms with Crippen LogP contribution in [0.3, 0.4) is 0 Å². The molecular formula is C28H33NO2. The van der Waals surface area contributed by atoms with Crippen LogP contribution in [0.25, 0.3) is 0 Å². The zero-order chi connectivity index (χ0) is 21.9. The molecule has 1 heterocycles. The number of nitrogens with zero attached hydrogens (tertiary/aromatic N) is 1. The van der Waals surface area contributed by atoms with Gasteiger partial charge in [0, 0.05) is 31.7 Å². The zero-order valence-corrected chi connectivity index (χ0v) is 19.0. The zero-order valence-electron chi connectivity index (χ0n) is 19.0. The lowest BCUT2D eigenvalue weighted by molar-refractivity contribution is -0.0422. The first-order valence-electron chi connectivity index (χ1n) is 11.0. The average molecular weight is 416 g/mol. The molecule has 0 spiro atoms. The third-order valence-corrected chi connectivity index (χ3v) is 6.98. The van der Waals surface area contributed by atoms with Crippen molar-refractivity contribution in [2.24, 2.45) is 0 Å². The maximum absolute atomic E-state index is 6.03. The first kappa shape index (κ1) is 21.6. The van der Waals surface area contributed by atoms with E-state index in [1.54, 1.807) is 7.11 Å². The van der Waals surface area contributed by atoms with Crippen molar-refractivity contribution in [1.82, 2.24) is 4.90 Å². The fraction of sp³-hybridized carbons (Fsp3) is 0.357. The molecule has 3 nitrogen and oxygen atoms in total. The molecule has 1 aliphatic rings. The molecule has 162 valence electrons. The van der Waals surface area contributed by atoms with Crippen molar-refractivity contribution >= 4 is 0 Å². The van der Waals surface area contributed by atoms with E-state index in [1.165, 1.54) is 16.7 Å². The minimum Gasteiger partial charge on any atom is -0.497 e. The van der Waals surface area contributed by atoms with Gasteiger partial charge in [0.05, 0.1) is 12.7 Å². The lowest BCUT2D eigenvalue weighted by Crippen LogP contribution is -2.46. The molecule has 31 heavy (non-hydrogen) atoms. The second-order valence-corrected chi connectivity index (χ2v) is 9.09. The summed E-state index contributed by atoms with van der Waals surface area (Å²) >= 11 is 0. The number of benzene rings is 3. The topological polar surface area (TPSA) is 21.7 Å². The fourth-order valence-electron chi connectivity index (χ4n) is 5.03. The van der Waals surface area contributed by atoms with Crippen molar-refractivity contribution in [2.75, 3.05) is 20.8 Å². The number of rotatable bonds is 7. The molecular weight excluding hydrogens is 382 g/mol. The minimum absolute atomic E-state index is 0.0740. The normalized spacial score (nSPS) is 18.8. The summed E-state index contributed by atoms with van der Waals surface area (Å²) in [5, 5.41) is 0. The molecule has 1 unspecified atom stereocenters. The van der Waals surface area contributed by atoms with Crippen LogP contribution in [0.4, 0.5) is 0 Å². The van der Waals surface area contributed by atoms with Gasteiger partial charge in [0.1, 0.15) is 5.75 Å². The van der Waals surface area contributed by atoms with Gasteiger partial charge < -0.3 is 9.47 Å².